The Morgan fingerprint density at radius 1 is 1.33 bits per heavy atom. The Morgan fingerprint density at radius 2 is 2.00 bits per heavy atom. The van der Waals surface area contributed by atoms with Crippen LogP contribution in [0.1, 0.15) is 37.6 Å². The number of rotatable bonds is 4. The van der Waals surface area contributed by atoms with Gasteiger partial charge >= 0.3 is 0 Å². The van der Waals surface area contributed by atoms with E-state index < -0.39 is 0 Å². The van der Waals surface area contributed by atoms with Crippen LogP contribution in [0.4, 0.5) is 5.82 Å². The molecule has 0 saturated heterocycles. The maximum atomic E-state index is 12.5. The summed E-state index contributed by atoms with van der Waals surface area (Å²) in [6.45, 7) is 7.18. The molecule has 110 valence electrons. The summed E-state index contributed by atoms with van der Waals surface area (Å²) in [5, 5.41) is 8.28. The highest BCUT2D eigenvalue weighted by molar-refractivity contribution is 6.09. The van der Waals surface area contributed by atoms with Crippen molar-refractivity contribution in [3.63, 3.8) is 0 Å². The van der Waals surface area contributed by atoms with Crippen LogP contribution < -0.4 is 10.6 Å². The Kier molecular flexibility index (Phi) is 3.32. The van der Waals surface area contributed by atoms with Gasteiger partial charge < -0.3 is 10.6 Å². The summed E-state index contributed by atoms with van der Waals surface area (Å²) in [7, 11) is 0. The van der Waals surface area contributed by atoms with Crippen molar-refractivity contribution in [1.29, 1.82) is 0 Å². The first-order valence-electron chi connectivity index (χ1n) is 7.45. The lowest BCUT2D eigenvalue weighted by Gasteiger charge is -2.12. The molecule has 1 aliphatic carbocycles. The van der Waals surface area contributed by atoms with Crippen LogP contribution in [0.3, 0.4) is 0 Å². The molecule has 2 aromatic rings. The van der Waals surface area contributed by atoms with Crippen molar-refractivity contribution < 1.29 is 4.79 Å². The number of carbonyl (C=O) groups excluding carboxylic acids is 1. The molecular formula is C17H21N3O. The number of nitrogens with zero attached hydrogens (tertiary/aromatic N) is 1. The van der Waals surface area contributed by atoms with Crippen molar-refractivity contribution in [2.24, 2.45) is 5.41 Å². The van der Waals surface area contributed by atoms with Crippen molar-refractivity contribution in [2.45, 2.75) is 33.2 Å². The summed E-state index contributed by atoms with van der Waals surface area (Å²) < 4.78 is 0. The summed E-state index contributed by atoms with van der Waals surface area (Å²) in [5.74, 6) is 0.800. The molecule has 1 aromatic carbocycles. The fraction of sp³-hybridized carbons (Fsp3) is 0.412. The van der Waals surface area contributed by atoms with Crippen LogP contribution in [0, 0.1) is 5.41 Å². The summed E-state index contributed by atoms with van der Waals surface area (Å²) in [4.78, 5) is 16.9. The Bertz CT molecular complexity index is 693. The maximum Gasteiger partial charge on any atom is 0.253 e. The molecule has 0 radical (unpaired) electrons. The van der Waals surface area contributed by atoms with E-state index in [9.17, 15) is 4.79 Å². The quantitative estimate of drug-likeness (QED) is 0.906. The van der Waals surface area contributed by atoms with E-state index in [0.29, 0.717) is 5.56 Å². The Labute approximate surface area is 125 Å². The molecule has 1 heterocycles. The monoisotopic (exact) mass is 283 g/mol. The van der Waals surface area contributed by atoms with Gasteiger partial charge in [-0.3, -0.25) is 4.79 Å². The zero-order chi connectivity index (χ0) is 15.0. The molecule has 0 spiro atoms. The average molecular weight is 283 g/mol. The number of carbonyl (C=O) groups is 1. The number of pyridine rings is 1. The molecule has 1 unspecified atom stereocenters. The first-order chi connectivity index (χ1) is 10.0. The molecule has 3 rings (SSSR count). The van der Waals surface area contributed by atoms with Gasteiger partial charge in [-0.05, 0) is 24.1 Å². The fourth-order valence-corrected chi connectivity index (χ4v) is 2.63. The normalized spacial score (nSPS) is 19.3. The predicted molar refractivity (Wildman–Crippen MR) is 85.6 cm³/mol. The fourth-order valence-electron chi connectivity index (χ4n) is 2.63. The van der Waals surface area contributed by atoms with Gasteiger partial charge in [0.15, 0.2) is 0 Å². The van der Waals surface area contributed by atoms with Crippen LogP contribution >= 0.6 is 0 Å². The highest BCUT2D eigenvalue weighted by atomic mass is 16.1. The minimum atomic E-state index is -0.0303. The molecule has 1 aromatic heterocycles. The van der Waals surface area contributed by atoms with Crippen LogP contribution in [-0.2, 0) is 0 Å². The minimum Gasteiger partial charge on any atom is -0.370 e. The second-order valence-electron chi connectivity index (χ2n) is 6.32. The van der Waals surface area contributed by atoms with Gasteiger partial charge in [-0.25, -0.2) is 4.98 Å². The molecule has 2 N–H and O–H groups in total. The van der Waals surface area contributed by atoms with E-state index in [0.717, 1.165) is 29.6 Å². The molecule has 1 aliphatic rings. The number of hydrogen-bond donors (Lipinski definition) is 2. The number of aromatic nitrogens is 1. The first-order valence-corrected chi connectivity index (χ1v) is 7.45. The number of hydrogen-bond acceptors (Lipinski definition) is 3. The highest BCUT2D eigenvalue weighted by Gasteiger charge is 2.46. The lowest BCUT2D eigenvalue weighted by molar-refractivity contribution is 0.0947. The van der Waals surface area contributed by atoms with Crippen LogP contribution in [-0.4, -0.2) is 23.5 Å². The Balaban J connectivity index is 1.96. The van der Waals surface area contributed by atoms with E-state index in [1.807, 2.05) is 31.2 Å². The van der Waals surface area contributed by atoms with E-state index >= 15 is 0 Å². The van der Waals surface area contributed by atoms with Crippen LogP contribution in [0.25, 0.3) is 10.8 Å². The molecule has 0 aliphatic heterocycles. The van der Waals surface area contributed by atoms with Crippen LogP contribution in [0.5, 0.6) is 0 Å². The average Bonchev–Trinajstić information content (AvgIpc) is 3.06. The Morgan fingerprint density at radius 3 is 2.62 bits per heavy atom. The second-order valence-corrected chi connectivity index (χ2v) is 6.32. The van der Waals surface area contributed by atoms with Crippen molar-refractivity contribution in [2.75, 3.05) is 11.9 Å². The van der Waals surface area contributed by atoms with Gasteiger partial charge in [-0.1, -0.05) is 38.1 Å². The van der Waals surface area contributed by atoms with Gasteiger partial charge in [-0.15, -0.1) is 0 Å². The van der Waals surface area contributed by atoms with Gasteiger partial charge in [0.1, 0.15) is 5.82 Å². The third-order valence-electron chi connectivity index (χ3n) is 4.20. The summed E-state index contributed by atoms with van der Waals surface area (Å²) in [6.07, 6.45) is 2.71. The molecule has 1 saturated carbocycles. The molecule has 1 amide bonds. The molecule has 4 heteroatoms. The summed E-state index contributed by atoms with van der Waals surface area (Å²) in [5.41, 5.74) is 0.873. The van der Waals surface area contributed by atoms with Gasteiger partial charge in [-0.2, -0.15) is 0 Å². The number of fused-ring (bicyclic) bond motifs is 1. The standard InChI is InChI=1S/C17H21N3O/c1-4-18-15-12-8-6-5-7-11(12)13(10-19-15)16(21)20-14-9-17(14,2)3/h5-8,10,14H,4,9H2,1-3H3,(H,18,19)(H,20,21). The number of amides is 1. The lowest BCUT2D eigenvalue weighted by Crippen LogP contribution is -2.28. The molecular weight excluding hydrogens is 262 g/mol. The van der Waals surface area contributed by atoms with E-state index in [-0.39, 0.29) is 17.4 Å². The second kappa shape index (κ2) is 5.02. The molecule has 21 heavy (non-hydrogen) atoms. The zero-order valence-electron chi connectivity index (χ0n) is 12.7. The molecule has 0 bridgehead atoms. The highest BCUT2D eigenvalue weighted by Crippen LogP contribution is 2.44. The number of benzene rings is 1. The van der Waals surface area contributed by atoms with Gasteiger partial charge in [0.2, 0.25) is 0 Å². The lowest BCUT2D eigenvalue weighted by atomic mass is 10.1. The third kappa shape index (κ3) is 2.58. The van der Waals surface area contributed by atoms with E-state index in [4.69, 9.17) is 0 Å². The summed E-state index contributed by atoms with van der Waals surface area (Å²) in [6, 6.07) is 8.17. The predicted octanol–water partition coefficient (Wildman–Crippen LogP) is 3.19. The van der Waals surface area contributed by atoms with Gasteiger partial charge in [0, 0.05) is 24.2 Å². The van der Waals surface area contributed by atoms with Gasteiger partial charge in [0.25, 0.3) is 5.91 Å². The largest absolute Gasteiger partial charge is 0.370 e. The third-order valence-corrected chi connectivity index (χ3v) is 4.20. The molecule has 4 nitrogen and oxygen atoms in total. The maximum absolute atomic E-state index is 12.5. The van der Waals surface area contributed by atoms with Crippen molar-refractivity contribution in [1.82, 2.24) is 10.3 Å². The van der Waals surface area contributed by atoms with Crippen LogP contribution in [0.15, 0.2) is 30.5 Å². The number of anilines is 1. The Hall–Kier alpha value is -2.10. The number of nitrogens with one attached hydrogen (secondary N) is 2. The van der Waals surface area contributed by atoms with E-state index in [1.54, 1.807) is 6.20 Å². The van der Waals surface area contributed by atoms with Crippen molar-refractivity contribution in [3.05, 3.63) is 36.0 Å². The smallest absolute Gasteiger partial charge is 0.253 e. The first kappa shape index (κ1) is 13.9. The SMILES string of the molecule is CCNc1ncc(C(=O)NC2CC2(C)C)c2ccccc12. The van der Waals surface area contributed by atoms with Crippen molar-refractivity contribution >= 4 is 22.5 Å². The van der Waals surface area contributed by atoms with Crippen molar-refractivity contribution in [3.8, 4) is 0 Å². The molecule has 1 fully saturated rings. The van der Waals surface area contributed by atoms with E-state index in [1.165, 1.54) is 0 Å². The van der Waals surface area contributed by atoms with E-state index in [2.05, 4.69) is 29.5 Å². The zero-order valence-corrected chi connectivity index (χ0v) is 12.7. The van der Waals surface area contributed by atoms with Crippen LogP contribution in [0.2, 0.25) is 0 Å². The molecule has 1 atom stereocenters. The minimum absolute atomic E-state index is 0.0303. The summed E-state index contributed by atoms with van der Waals surface area (Å²) >= 11 is 0. The topological polar surface area (TPSA) is 54.0 Å². The van der Waals surface area contributed by atoms with Gasteiger partial charge in [0.05, 0.1) is 5.56 Å².